The number of nitrogens with one attached hydrogen (secondary N) is 1. The largest absolute Gasteiger partial charge is 0.215 e. The van der Waals surface area contributed by atoms with E-state index in [0.717, 1.165) is 11.8 Å². The van der Waals surface area contributed by atoms with Crippen LogP contribution in [0.5, 0.6) is 0 Å². The van der Waals surface area contributed by atoms with Gasteiger partial charge in [-0.15, -0.1) is 0 Å². The minimum atomic E-state index is -3.08. The quantitative estimate of drug-likeness (QED) is 0.763. The van der Waals surface area contributed by atoms with Gasteiger partial charge in [0.2, 0.25) is 10.0 Å². The summed E-state index contributed by atoms with van der Waals surface area (Å²) in [5.41, 5.74) is 0. The highest BCUT2D eigenvalue weighted by molar-refractivity contribution is 9.09. The van der Waals surface area contributed by atoms with E-state index >= 15 is 0 Å². The maximum Gasteiger partial charge on any atom is 0.211 e. The predicted octanol–water partition coefficient (Wildman–Crippen LogP) is 2.76. The summed E-state index contributed by atoms with van der Waals surface area (Å²) in [5.74, 6) is 1.56. The molecule has 0 saturated heterocycles. The highest BCUT2D eigenvalue weighted by Crippen LogP contribution is 2.30. The summed E-state index contributed by atoms with van der Waals surface area (Å²) in [6.45, 7) is 4.48. The molecule has 0 bridgehead atoms. The second-order valence-corrected chi connectivity index (χ2v) is 7.98. The zero-order chi connectivity index (χ0) is 12.9. The van der Waals surface area contributed by atoms with Gasteiger partial charge in [0.15, 0.2) is 0 Å². The lowest BCUT2D eigenvalue weighted by Gasteiger charge is -2.30. The second-order valence-electron chi connectivity index (χ2n) is 5.48. The van der Waals surface area contributed by atoms with Gasteiger partial charge in [0.05, 0.1) is 5.75 Å². The van der Waals surface area contributed by atoms with Gasteiger partial charge in [0.1, 0.15) is 0 Å². The van der Waals surface area contributed by atoms with E-state index in [1.54, 1.807) is 0 Å². The van der Waals surface area contributed by atoms with Crippen molar-refractivity contribution in [3.8, 4) is 0 Å². The smallest absolute Gasteiger partial charge is 0.211 e. The van der Waals surface area contributed by atoms with Crippen molar-refractivity contribution < 1.29 is 8.42 Å². The molecular weight excluding hydrogens is 302 g/mol. The molecule has 17 heavy (non-hydrogen) atoms. The number of rotatable bonds is 6. The normalized spacial score (nSPS) is 26.4. The van der Waals surface area contributed by atoms with Crippen LogP contribution in [-0.2, 0) is 10.0 Å². The van der Waals surface area contributed by atoms with E-state index in [2.05, 4.69) is 20.7 Å². The van der Waals surface area contributed by atoms with Gasteiger partial charge in [-0.25, -0.2) is 13.1 Å². The molecule has 0 aromatic carbocycles. The molecule has 1 saturated carbocycles. The molecule has 2 atom stereocenters. The molecule has 1 aliphatic rings. The average Bonchev–Trinajstić information content (AvgIpc) is 2.25. The Labute approximate surface area is 114 Å². The molecule has 0 heterocycles. The SMILES string of the molecule is CC(C)CS(=O)(=O)NCC1CCCCC1CBr. The summed E-state index contributed by atoms with van der Waals surface area (Å²) in [6.07, 6.45) is 4.90. The van der Waals surface area contributed by atoms with Crippen LogP contribution in [-0.4, -0.2) is 26.0 Å². The maximum absolute atomic E-state index is 11.8. The molecule has 0 spiro atoms. The Morgan fingerprint density at radius 3 is 2.35 bits per heavy atom. The van der Waals surface area contributed by atoms with Crippen molar-refractivity contribution in [3.63, 3.8) is 0 Å². The molecule has 102 valence electrons. The van der Waals surface area contributed by atoms with Crippen LogP contribution < -0.4 is 4.72 Å². The Bertz CT molecular complexity index is 316. The first-order valence-corrected chi connectivity index (χ1v) is 9.25. The van der Waals surface area contributed by atoms with Gasteiger partial charge in [0.25, 0.3) is 0 Å². The highest BCUT2D eigenvalue weighted by Gasteiger charge is 2.25. The van der Waals surface area contributed by atoms with E-state index in [1.807, 2.05) is 13.8 Å². The molecule has 2 unspecified atom stereocenters. The van der Waals surface area contributed by atoms with Crippen LogP contribution in [0.3, 0.4) is 0 Å². The summed E-state index contributed by atoms with van der Waals surface area (Å²) in [4.78, 5) is 0. The summed E-state index contributed by atoms with van der Waals surface area (Å²) in [7, 11) is -3.08. The zero-order valence-corrected chi connectivity index (χ0v) is 13.2. The van der Waals surface area contributed by atoms with Crippen molar-refractivity contribution in [1.82, 2.24) is 4.72 Å². The van der Waals surface area contributed by atoms with Gasteiger partial charge >= 0.3 is 0 Å². The van der Waals surface area contributed by atoms with E-state index < -0.39 is 10.0 Å². The van der Waals surface area contributed by atoms with Gasteiger partial charge in [-0.1, -0.05) is 42.6 Å². The van der Waals surface area contributed by atoms with E-state index in [4.69, 9.17) is 0 Å². The Morgan fingerprint density at radius 1 is 1.24 bits per heavy atom. The maximum atomic E-state index is 11.8. The van der Waals surface area contributed by atoms with E-state index in [0.29, 0.717) is 18.4 Å². The van der Waals surface area contributed by atoms with Gasteiger partial charge in [-0.2, -0.15) is 0 Å². The Hall–Kier alpha value is 0.390. The molecule has 0 radical (unpaired) electrons. The Kier molecular flexibility index (Phi) is 6.45. The minimum Gasteiger partial charge on any atom is -0.215 e. The van der Waals surface area contributed by atoms with E-state index in [9.17, 15) is 8.42 Å². The molecule has 0 aromatic heterocycles. The van der Waals surface area contributed by atoms with Crippen molar-refractivity contribution in [2.75, 3.05) is 17.6 Å². The molecular formula is C12H24BrNO2S. The van der Waals surface area contributed by atoms with Crippen molar-refractivity contribution in [3.05, 3.63) is 0 Å². The lowest BCUT2D eigenvalue weighted by molar-refractivity contribution is 0.263. The molecule has 1 N–H and O–H groups in total. The van der Waals surface area contributed by atoms with Gasteiger partial charge in [-0.3, -0.25) is 0 Å². The fourth-order valence-electron chi connectivity index (χ4n) is 2.49. The molecule has 5 heteroatoms. The summed E-state index contributed by atoms with van der Waals surface area (Å²) in [5, 5.41) is 0.990. The third-order valence-electron chi connectivity index (χ3n) is 3.38. The lowest BCUT2D eigenvalue weighted by Crippen LogP contribution is -2.36. The minimum absolute atomic E-state index is 0.186. The third-order valence-corrected chi connectivity index (χ3v) is 5.93. The van der Waals surface area contributed by atoms with Gasteiger partial charge in [0, 0.05) is 11.9 Å². The topological polar surface area (TPSA) is 46.2 Å². The first-order valence-electron chi connectivity index (χ1n) is 6.48. The van der Waals surface area contributed by atoms with Crippen molar-refractivity contribution in [2.45, 2.75) is 39.5 Å². The number of hydrogen-bond acceptors (Lipinski definition) is 2. The van der Waals surface area contributed by atoms with Gasteiger partial charge in [-0.05, 0) is 30.6 Å². The summed E-state index contributed by atoms with van der Waals surface area (Å²) in [6, 6.07) is 0. The van der Waals surface area contributed by atoms with Crippen molar-refractivity contribution in [1.29, 1.82) is 0 Å². The Balaban J connectivity index is 2.43. The molecule has 1 fully saturated rings. The van der Waals surface area contributed by atoms with Crippen LogP contribution in [0.4, 0.5) is 0 Å². The molecule has 0 aliphatic heterocycles. The molecule has 3 nitrogen and oxygen atoms in total. The fourth-order valence-corrected chi connectivity index (χ4v) is 4.80. The average molecular weight is 326 g/mol. The van der Waals surface area contributed by atoms with Crippen LogP contribution >= 0.6 is 15.9 Å². The molecule has 1 rings (SSSR count). The first-order chi connectivity index (χ1) is 7.94. The number of hydrogen-bond donors (Lipinski definition) is 1. The highest BCUT2D eigenvalue weighted by atomic mass is 79.9. The van der Waals surface area contributed by atoms with Gasteiger partial charge < -0.3 is 0 Å². The number of alkyl halides is 1. The van der Waals surface area contributed by atoms with Crippen LogP contribution in [0.15, 0.2) is 0 Å². The number of sulfonamides is 1. The monoisotopic (exact) mass is 325 g/mol. The second kappa shape index (κ2) is 7.10. The van der Waals surface area contributed by atoms with Crippen LogP contribution in [0.25, 0.3) is 0 Å². The molecule has 0 aromatic rings. The third kappa shape index (κ3) is 5.71. The van der Waals surface area contributed by atoms with Crippen molar-refractivity contribution >= 4 is 26.0 Å². The molecule has 0 amide bonds. The molecule has 1 aliphatic carbocycles. The first kappa shape index (κ1) is 15.4. The van der Waals surface area contributed by atoms with E-state index in [-0.39, 0.29) is 11.7 Å². The van der Waals surface area contributed by atoms with Crippen LogP contribution in [0.1, 0.15) is 39.5 Å². The summed E-state index contributed by atoms with van der Waals surface area (Å²) < 4.78 is 26.3. The standard InChI is InChI=1S/C12H24BrNO2S/c1-10(2)9-17(15,16)14-8-12-6-4-3-5-11(12)7-13/h10-12,14H,3-9H2,1-2H3. The predicted molar refractivity (Wildman–Crippen MR) is 75.9 cm³/mol. The number of halogens is 1. The van der Waals surface area contributed by atoms with E-state index in [1.165, 1.54) is 19.3 Å². The van der Waals surface area contributed by atoms with Crippen LogP contribution in [0, 0.1) is 17.8 Å². The summed E-state index contributed by atoms with van der Waals surface area (Å²) >= 11 is 3.53. The van der Waals surface area contributed by atoms with Crippen LogP contribution in [0.2, 0.25) is 0 Å². The van der Waals surface area contributed by atoms with Crippen molar-refractivity contribution in [2.24, 2.45) is 17.8 Å². The Morgan fingerprint density at radius 2 is 1.82 bits per heavy atom. The zero-order valence-electron chi connectivity index (χ0n) is 10.8. The lowest BCUT2D eigenvalue weighted by atomic mass is 9.80. The fraction of sp³-hybridized carbons (Fsp3) is 1.00.